The number of hydrogen-bond donors (Lipinski definition) is 0. The number of hydrogen-bond acceptors (Lipinski definition) is 2. The maximum Gasteiger partial charge on any atom is 0.216 e. The second-order valence-corrected chi connectivity index (χ2v) is 3.30. The fourth-order valence-electron chi connectivity index (χ4n) is 1.24. The summed E-state index contributed by atoms with van der Waals surface area (Å²) in [6.45, 7) is 2.03. The topological polar surface area (TPSA) is 22.1 Å². The number of aromatic nitrogens is 1. The van der Waals surface area contributed by atoms with Crippen LogP contribution in [-0.2, 0) is 0 Å². The Morgan fingerprint density at radius 3 is 2.92 bits per heavy atom. The van der Waals surface area contributed by atoms with Crippen LogP contribution < -0.4 is 4.74 Å². The number of pyridine rings is 1. The summed E-state index contributed by atoms with van der Waals surface area (Å²) in [4.78, 5) is 4.18. The Hall–Kier alpha value is -1.05. The maximum absolute atomic E-state index is 5.67. The van der Waals surface area contributed by atoms with Crippen molar-refractivity contribution >= 4 is 0 Å². The number of ether oxygens (including phenoxy) is 1. The molecular weight excluding hydrogens is 150 g/mol. The van der Waals surface area contributed by atoms with Gasteiger partial charge in [-0.2, -0.15) is 0 Å². The molecule has 0 spiro atoms. The molecule has 0 saturated heterocycles. The predicted molar refractivity (Wildman–Crippen MR) is 47.2 cm³/mol. The van der Waals surface area contributed by atoms with Crippen molar-refractivity contribution in [1.29, 1.82) is 0 Å². The zero-order chi connectivity index (χ0) is 8.39. The normalized spacial score (nSPS) is 17.1. The Morgan fingerprint density at radius 2 is 2.33 bits per heavy atom. The van der Waals surface area contributed by atoms with Gasteiger partial charge in [0.05, 0.1) is 0 Å². The second kappa shape index (κ2) is 3.13. The molecule has 1 fully saturated rings. The lowest BCUT2D eigenvalue weighted by Crippen LogP contribution is -2.25. The van der Waals surface area contributed by atoms with Gasteiger partial charge in [0.15, 0.2) is 0 Å². The van der Waals surface area contributed by atoms with Crippen LogP contribution in [0.5, 0.6) is 5.88 Å². The van der Waals surface area contributed by atoms with E-state index in [4.69, 9.17) is 4.74 Å². The fourth-order valence-corrected chi connectivity index (χ4v) is 1.24. The lowest BCUT2D eigenvalue weighted by Gasteiger charge is -2.26. The minimum Gasteiger partial charge on any atom is -0.474 e. The molecule has 1 aliphatic rings. The standard InChI is InChI=1S/C10H13NO/c1-8-4-3-7-11-10(8)12-9-5-2-6-9/h3-4,7,9H,2,5-6H2,1H3. The Labute approximate surface area is 72.6 Å². The van der Waals surface area contributed by atoms with E-state index in [1.165, 1.54) is 19.3 Å². The Bertz CT molecular complexity index is 268. The second-order valence-electron chi connectivity index (χ2n) is 3.30. The van der Waals surface area contributed by atoms with Crippen LogP contribution in [0.4, 0.5) is 0 Å². The summed E-state index contributed by atoms with van der Waals surface area (Å²) in [7, 11) is 0. The zero-order valence-corrected chi connectivity index (χ0v) is 7.29. The van der Waals surface area contributed by atoms with E-state index < -0.39 is 0 Å². The third kappa shape index (κ3) is 1.42. The van der Waals surface area contributed by atoms with Crippen molar-refractivity contribution in [2.75, 3.05) is 0 Å². The molecule has 0 bridgehead atoms. The third-order valence-corrected chi connectivity index (χ3v) is 2.29. The van der Waals surface area contributed by atoms with Gasteiger partial charge in [0.2, 0.25) is 5.88 Å². The summed E-state index contributed by atoms with van der Waals surface area (Å²) >= 11 is 0. The Kier molecular flexibility index (Phi) is 1.98. The SMILES string of the molecule is Cc1cccnc1OC1CCC1. The van der Waals surface area contributed by atoms with Crippen molar-refractivity contribution in [3.63, 3.8) is 0 Å². The van der Waals surface area contributed by atoms with Crippen LogP contribution >= 0.6 is 0 Å². The van der Waals surface area contributed by atoms with Crippen molar-refractivity contribution in [3.8, 4) is 5.88 Å². The molecule has 64 valence electrons. The summed E-state index contributed by atoms with van der Waals surface area (Å²) in [6, 6.07) is 3.96. The lowest BCUT2D eigenvalue weighted by molar-refractivity contribution is 0.113. The molecule has 0 aliphatic heterocycles. The smallest absolute Gasteiger partial charge is 0.216 e. The van der Waals surface area contributed by atoms with Gasteiger partial charge in [0.1, 0.15) is 6.10 Å². The number of aryl methyl sites for hydroxylation is 1. The lowest BCUT2D eigenvalue weighted by atomic mass is 9.96. The van der Waals surface area contributed by atoms with Crippen LogP contribution in [0, 0.1) is 6.92 Å². The van der Waals surface area contributed by atoms with Gasteiger partial charge in [0.25, 0.3) is 0 Å². The molecular formula is C10H13NO. The minimum atomic E-state index is 0.429. The van der Waals surface area contributed by atoms with Gasteiger partial charge in [-0.25, -0.2) is 4.98 Å². The molecule has 0 radical (unpaired) electrons. The quantitative estimate of drug-likeness (QED) is 0.667. The molecule has 2 rings (SSSR count). The highest BCUT2D eigenvalue weighted by atomic mass is 16.5. The summed E-state index contributed by atoms with van der Waals surface area (Å²) in [5.74, 6) is 0.808. The van der Waals surface area contributed by atoms with E-state index in [9.17, 15) is 0 Å². The zero-order valence-electron chi connectivity index (χ0n) is 7.29. The van der Waals surface area contributed by atoms with E-state index in [-0.39, 0.29) is 0 Å². The molecule has 0 aromatic carbocycles. The summed E-state index contributed by atoms with van der Waals surface area (Å²) in [5, 5.41) is 0. The highest BCUT2D eigenvalue weighted by molar-refractivity contribution is 5.23. The molecule has 12 heavy (non-hydrogen) atoms. The van der Waals surface area contributed by atoms with Crippen LogP contribution in [-0.4, -0.2) is 11.1 Å². The molecule has 2 heteroatoms. The van der Waals surface area contributed by atoms with Gasteiger partial charge in [-0.15, -0.1) is 0 Å². The number of nitrogens with zero attached hydrogens (tertiary/aromatic N) is 1. The molecule has 1 aromatic heterocycles. The molecule has 1 heterocycles. The first-order valence-electron chi connectivity index (χ1n) is 4.44. The van der Waals surface area contributed by atoms with Crippen LogP contribution in [0.25, 0.3) is 0 Å². The van der Waals surface area contributed by atoms with Crippen LogP contribution in [0.15, 0.2) is 18.3 Å². The van der Waals surface area contributed by atoms with Gasteiger partial charge in [-0.3, -0.25) is 0 Å². The summed E-state index contributed by atoms with van der Waals surface area (Å²) in [5.41, 5.74) is 1.13. The highest BCUT2D eigenvalue weighted by Crippen LogP contribution is 2.25. The average Bonchev–Trinajstić information content (AvgIpc) is 2.00. The fraction of sp³-hybridized carbons (Fsp3) is 0.500. The summed E-state index contributed by atoms with van der Waals surface area (Å²) < 4.78 is 5.67. The molecule has 0 amide bonds. The Morgan fingerprint density at radius 1 is 1.50 bits per heavy atom. The highest BCUT2D eigenvalue weighted by Gasteiger charge is 2.19. The van der Waals surface area contributed by atoms with Crippen molar-refractivity contribution in [2.45, 2.75) is 32.3 Å². The molecule has 1 saturated carbocycles. The first kappa shape index (κ1) is 7.59. The van der Waals surface area contributed by atoms with Crippen molar-refractivity contribution < 1.29 is 4.74 Å². The molecule has 1 aliphatic carbocycles. The van der Waals surface area contributed by atoms with Crippen molar-refractivity contribution in [1.82, 2.24) is 4.98 Å². The van der Waals surface area contributed by atoms with Gasteiger partial charge >= 0.3 is 0 Å². The van der Waals surface area contributed by atoms with Crippen molar-refractivity contribution in [3.05, 3.63) is 23.9 Å². The Balaban J connectivity index is 2.06. The molecule has 0 atom stereocenters. The van der Waals surface area contributed by atoms with Crippen LogP contribution in [0.1, 0.15) is 24.8 Å². The minimum absolute atomic E-state index is 0.429. The van der Waals surface area contributed by atoms with E-state index >= 15 is 0 Å². The van der Waals surface area contributed by atoms with Gasteiger partial charge in [-0.1, -0.05) is 6.07 Å². The van der Waals surface area contributed by atoms with E-state index in [1.54, 1.807) is 6.20 Å². The molecule has 0 N–H and O–H groups in total. The number of rotatable bonds is 2. The van der Waals surface area contributed by atoms with E-state index in [0.717, 1.165) is 11.4 Å². The van der Waals surface area contributed by atoms with Crippen LogP contribution in [0.3, 0.4) is 0 Å². The third-order valence-electron chi connectivity index (χ3n) is 2.29. The van der Waals surface area contributed by atoms with E-state index in [1.807, 2.05) is 19.1 Å². The largest absolute Gasteiger partial charge is 0.474 e. The van der Waals surface area contributed by atoms with Gasteiger partial charge in [-0.05, 0) is 32.3 Å². The average molecular weight is 163 g/mol. The molecule has 1 aromatic rings. The first-order valence-corrected chi connectivity index (χ1v) is 4.44. The summed E-state index contributed by atoms with van der Waals surface area (Å²) in [6.07, 6.45) is 5.89. The van der Waals surface area contributed by atoms with Gasteiger partial charge in [0, 0.05) is 11.8 Å². The molecule has 2 nitrogen and oxygen atoms in total. The monoisotopic (exact) mass is 163 g/mol. The van der Waals surface area contributed by atoms with Crippen molar-refractivity contribution in [2.24, 2.45) is 0 Å². The maximum atomic E-state index is 5.67. The van der Waals surface area contributed by atoms with E-state index in [0.29, 0.717) is 6.10 Å². The predicted octanol–water partition coefficient (Wildman–Crippen LogP) is 2.32. The first-order chi connectivity index (χ1) is 5.86. The van der Waals surface area contributed by atoms with E-state index in [2.05, 4.69) is 4.98 Å². The van der Waals surface area contributed by atoms with Crippen LogP contribution in [0.2, 0.25) is 0 Å². The molecule has 0 unspecified atom stereocenters. The van der Waals surface area contributed by atoms with Gasteiger partial charge < -0.3 is 4.74 Å².